The maximum Gasteiger partial charge on any atom is 0.263 e. The van der Waals surface area contributed by atoms with E-state index in [-0.39, 0.29) is 11.4 Å². The minimum Gasteiger partial charge on any atom is -0.379 e. The first kappa shape index (κ1) is 17.5. The normalized spacial score (nSPS) is 16.3. The van der Waals surface area contributed by atoms with Crippen LogP contribution < -0.4 is 5.32 Å². The van der Waals surface area contributed by atoms with E-state index in [0.29, 0.717) is 11.4 Å². The van der Waals surface area contributed by atoms with Crippen LogP contribution in [0.25, 0.3) is 9.88 Å². The molecule has 3 heterocycles. The molecule has 1 saturated heterocycles. The van der Waals surface area contributed by atoms with Crippen molar-refractivity contribution in [3.8, 4) is 9.88 Å². The van der Waals surface area contributed by atoms with Gasteiger partial charge in [0.15, 0.2) is 0 Å². The van der Waals surface area contributed by atoms with Gasteiger partial charge in [-0.2, -0.15) is 0 Å². The number of hydrogen-bond donors (Lipinski definition) is 1. The van der Waals surface area contributed by atoms with Crippen molar-refractivity contribution in [1.29, 1.82) is 0 Å². The summed E-state index contributed by atoms with van der Waals surface area (Å²) < 4.78 is 5.41. The fourth-order valence-electron chi connectivity index (χ4n) is 2.77. The fourth-order valence-corrected chi connectivity index (χ4v) is 4.55. The van der Waals surface area contributed by atoms with Crippen LogP contribution in [-0.4, -0.2) is 54.2 Å². The monoisotopic (exact) mass is 365 g/mol. The summed E-state index contributed by atoms with van der Waals surface area (Å²) in [5.74, 6) is -0.0332. The number of ether oxygens (including phenoxy) is 1. The number of hydrogen-bond acceptors (Lipinski definition) is 6. The smallest absolute Gasteiger partial charge is 0.263 e. The Morgan fingerprint density at radius 3 is 2.83 bits per heavy atom. The lowest BCUT2D eigenvalue weighted by Crippen LogP contribution is -2.55. The van der Waals surface area contributed by atoms with Crippen LogP contribution in [0.3, 0.4) is 0 Å². The largest absolute Gasteiger partial charge is 0.379 e. The van der Waals surface area contributed by atoms with Gasteiger partial charge in [-0.3, -0.25) is 9.69 Å². The van der Waals surface area contributed by atoms with E-state index in [0.717, 1.165) is 41.9 Å². The lowest BCUT2D eigenvalue weighted by molar-refractivity contribution is -0.00922. The van der Waals surface area contributed by atoms with Gasteiger partial charge in [0.1, 0.15) is 9.88 Å². The number of carbonyl (C=O) groups is 1. The molecular weight excluding hydrogens is 342 g/mol. The Hall–Kier alpha value is -1.28. The van der Waals surface area contributed by atoms with Gasteiger partial charge in [-0.05, 0) is 32.2 Å². The molecule has 1 aliphatic rings. The summed E-state index contributed by atoms with van der Waals surface area (Å²) >= 11 is 3.11. The summed E-state index contributed by atoms with van der Waals surface area (Å²) in [4.78, 5) is 21.3. The van der Waals surface area contributed by atoms with E-state index in [1.807, 2.05) is 24.4 Å². The Kier molecular flexibility index (Phi) is 5.34. The number of thiazole rings is 1. The summed E-state index contributed by atoms with van der Waals surface area (Å²) in [6.45, 7) is 10.2. The van der Waals surface area contributed by atoms with Gasteiger partial charge in [-0.25, -0.2) is 4.98 Å². The molecule has 7 heteroatoms. The predicted molar refractivity (Wildman–Crippen MR) is 99.0 cm³/mol. The molecule has 0 unspecified atom stereocenters. The van der Waals surface area contributed by atoms with Crippen LogP contribution in [0, 0.1) is 6.92 Å². The number of carbonyl (C=O) groups excluding carboxylic acids is 1. The van der Waals surface area contributed by atoms with E-state index in [1.54, 1.807) is 11.3 Å². The number of nitrogens with one attached hydrogen (secondary N) is 1. The van der Waals surface area contributed by atoms with Crippen molar-refractivity contribution in [2.24, 2.45) is 0 Å². The molecule has 1 aliphatic heterocycles. The molecule has 5 nitrogen and oxygen atoms in total. The van der Waals surface area contributed by atoms with Crippen LogP contribution in [0.15, 0.2) is 17.5 Å². The van der Waals surface area contributed by atoms with Gasteiger partial charge in [0, 0.05) is 25.2 Å². The van der Waals surface area contributed by atoms with Crippen molar-refractivity contribution < 1.29 is 9.53 Å². The van der Waals surface area contributed by atoms with Crippen LogP contribution in [0.2, 0.25) is 0 Å². The Morgan fingerprint density at radius 2 is 2.17 bits per heavy atom. The molecule has 0 saturated carbocycles. The minimum atomic E-state index is -0.0887. The van der Waals surface area contributed by atoms with Gasteiger partial charge in [0.2, 0.25) is 0 Å². The molecule has 0 aromatic carbocycles. The van der Waals surface area contributed by atoms with E-state index >= 15 is 0 Å². The molecular formula is C17H23N3O2S2. The van der Waals surface area contributed by atoms with Gasteiger partial charge >= 0.3 is 0 Å². The van der Waals surface area contributed by atoms with Gasteiger partial charge in [0.05, 0.1) is 23.8 Å². The zero-order valence-electron chi connectivity index (χ0n) is 14.3. The summed E-state index contributed by atoms with van der Waals surface area (Å²) in [5.41, 5.74) is 0.708. The van der Waals surface area contributed by atoms with Gasteiger partial charge < -0.3 is 10.1 Å². The van der Waals surface area contributed by atoms with Crippen molar-refractivity contribution >= 4 is 28.6 Å². The third kappa shape index (κ3) is 3.85. The standard InChI is InChI=1S/C17H23N3O2S2/c1-12-14(24-16(19-12)13-5-4-10-23-13)15(21)18-11-17(2,3)20-6-8-22-9-7-20/h4-5,10H,6-9,11H2,1-3H3,(H,18,21). The lowest BCUT2D eigenvalue weighted by Gasteiger charge is -2.40. The first-order chi connectivity index (χ1) is 11.5. The second-order valence-corrected chi connectivity index (χ2v) is 8.45. The van der Waals surface area contributed by atoms with Crippen molar-refractivity contribution in [1.82, 2.24) is 15.2 Å². The Labute approximate surface area is 150 Å². The van der Waals surface area contributed by atoms with E-state index in [2.05, 4.69) is 29.0 Å². The maximum atomic E-state index is 12.6. The van der Waals surface area contributed by atoms with Crippen LogP contribution in [0.5, 0.6) is 0 Å². The Morgan fingerprint density at radius 1 is 1.42 bits per heavy atom. The number of amides is 1. The molecule has 0 bridgehead atoms. The quantitative estimate of drug-likeness (QED) is 0.885. The van der Waals surface area contributed by atoms with Gasteiger partial charge in [-0.15, -0.1) is 22.7 Å². The predicted octanol–water partition coefficient (Wildman–Crippen LogP) is 3.02. The van der Waals surface area contributed by atoms with Gasteiger partial charge in [0.25, 0.3) is 5.91 Å². The summed E-state index contributed by atoms with van der Waals surface area (Å²) in [7, 11) is 0. The van der Waals surface area contributed by atoms with E-state index < -0.39 is 0 Å². The lowest BCUT2D eigenvalue weighted by atomic mass is 10.0. The Bertz CT molecular complexity index is 689. The zero-order chi connectivity index (χ0) is 17.2. The summed E-state index contributed by atoms with van der Waals surface area (Å²) in [5, 5.41) is 6.03. The number of morpholine rings is 1. The average Bonchev–Trinajstić information content (AvgIpc) is 3.23. The van der Waals surface area contributed by atoms with E-state index in [1.165, 1.54) is 11.3 Å². The molecule has 24 heavy (non-hydrogen) atoms. The molecule has 130 valence electrons. The number of thiophene rings is 1. The number of aryl methyl sites for hydroxylation is 1. The van der Waals surface area contributed by atoms with Crippen LogP contribution in [-0.2, 0) is 4.74 Å². The highest BCUT2D eigenvalue weighted by atomic mass is 32.1. The highest BCUT2D eigenvalue weighted by Crippen LogP contribution is 2.31. The molecule has 0 radical (unpaired) electrons. The topological polar surface area (TPSA) is 54.5 Å². The molecule has 1 amide bonds. The minimum absolute atomic E-state index is 0.0332. The summed E-state index contributed by atoms with van der Waals surface area (Å²) in [6, 6.07) is 4.04. The molecule has 3 rings (SSSR count). The second kappa shape index (κ2) is 7.31. The highest BCUT2D eigenvalue weighted by molar-refractivity contribution is 7.22. The second-order valence-electron chi connectivity index (χ2n) is 6.51. The molecule has 2 aromatic heterocycles. The van der Waals surface area contributed by atoms with Crippen molar-refractivity contribution in [2.75, 3.05) is 32.8 Å². The first-order valence-corrected chi connectivity index (χ1v) is 9.79. The molecule has 0 aliphatic carbocycles. The number of nitrogens with zero attached hydrogens (tertiary/aromatic N) is 2. The number of aromatic nitrogens is 1. The highest BCUT2D eigenvalue weighted by Gasteiger charge is 2.29. The molecule has 0 atom stereocenters. The third-order valence-electron chi connectivity index (χ3n) is 4.28. The van der Waals surface area contributed by atoms with Crippen molar-refractivity contribution in [2.45, 2.75) is 26.3 Å². The molecule has 1 N–H and O–H groups in total. The molecule has 2 aromatic rings. The van der Waals surface area contributed by atoms with Crippen LogP contribution in [0.1, 0.15) is 29.2 Å². The Balaban J connectivity index is 1.64. The average molecular weight is 366 g/mol. The first-order valence-electron chi connectivity index (χ1n) is 8.10. The third-order valence-corrected chi connectivity index (χ3v) is 6.48. The summed E-state index contributed by atoms with van der Waals surface area (Å²) in [6.07, 6.45) is 0. The fraction of sp³-hybridized carbons (Fsp3) is 0.529. The van der Waals surface area contributed by atoms with Gasteiger partial charge in [-0.1, -0.05) is 6.07 Å². The number of rotatable bonds is 5. The van der Waals surface area contributed by atoms with Crippen molar-refractivity contribution in [3.05, 3.63) is 28.1 Å². The zero-order valence-corrected chi connectivity index (χ0v) is 15.9. The SMILES string of the molecule is Cc1nc(-c2cccs2)sc1C(=O)NCC(C)(C)N1CCOCC1. The van der Waals surface area contributed by atoms with Crippen LogP contribution >= 0.6 is 22.7 Å². The van der Waals surface area contributed by atoms with Crippen LogP contribution in [0.4, 0.5) is 0 Å². The van der Waals surface area contributed by atoms with E-state index in [4.69, 9.17) is 4.74 Å². The van der Waals surface area contributed by atoms with E-state index in [9.17, 15) is 4.79 Å². The molecule has 1 fully saturated rings. The molecule has 0 spiro atoms. The maximum absolute atomic E-state index is 12.6. The van der Waals surface area contributed by atoms with Crippen molar-refractivity contribution in [3.63, 3.8) is 0 Å².